The Morgan fingerprint density at radius 2 is 1.90 bits per heavy atom. The largest absolute Gasteiger partial charge is 0.336 e. The van der Waals surface area contributed by atoms with Gasteiger partial charge in [-0.05, 0) is 48.9 Å². The average molecular weight is 428 g/mol. The van der Waals surface area contributed by atoms with Crippen molar-refractivity contribution in [1.29, 1.82) is 0 Å². The molecule has 4 rings (SSSR count). The number of nitrogens with one attached hydrogen (secondary N) is 1. The van der Waals surface area contributed by atoms with E-state index < -0.39 is 0 Å². The summed E-state index contributed by atoms with van der Waals surface area (Å²) in [4.78, 5) is 34.0. The average Bonchev–Trinajstić information content (AvgIpc) is 3.17. The number of hydrogen-bond acceptors (Lipinski definition) is 4. The van der Waals surface area contributed by atoms with Crippen molar-refractivity contribution >= 4 is 28.8 Å². The molecular weight excluding hydrogens is 406 g/mol. The molecule has 1 saturated heterocycles. The number of hydrogen-bond donors (Lipinski definition) is 1. The van der Waals surface area contributed by atoms with Crippen molar-refractivity contribution in [3.63, 3.8) is 0 Å². The van der Waals surface area contributed by atoms with Gasteiger partial charge in [0.1, 0.15) is 5.56 Å². The third kappa shape index (κ3) is 4.61. The summed E-state index contributed by atoms with van der Waals surface area (Å²) < 4.78 is 0. The maximum Gasteiger partial charge on any atom is 0.260 e. The number of rotatable bonds is 4. The Hall–Kier alpha value is -2.41. The van der Waals surface area contributed by atoms with Gasteiger partial charge in [0.15, 0.2) is 0 Å². The Kier molecular flexibility index (Phi) is 5.85. The first-order valence-electron chi connectivity index (χ1n) is 9.56. The quantitative estimate of drug-likeness (QED) is 0.684. The highest BCUT2D eigenvalue weighted by Gasteiger charge is 2.24. The Balaban J connectivity index is 1.36. The van der Waals surface area contributed by atoms with Crippen molar-refractivity contribution < 1.29 is 4.79 Å². The van der Waals surface area contributed by atoms with Crippen LogP contribution >= 0.6 is 22.9 Å². The van der Waals surface area contributed by atoms with Gasteiger partial charge >= 0.3 is 0 Å². The number of amides is 1. The Bertz CT molecular complexity index is 1080. The van der Waals surface area contributed by atoms with Crippen molar-refractivity contribution in [3.05, 3.63) is 80.0 Å². The fraction of sp³-hybridized carbons (Fsp3) is 0.273. The summed E-state index contributed by atoms with van der Waals surface area (Å²) in [7, 11) is 0. The predicted octanol–water partition coefficient (Wildman–Crippen LogP) is 4.02. The van der Waals surface area contributed by atoms with Crippen molar-refractivity contribution in [2.75, 3.05) is 26.2 Å². The van der Waals surface area contributed by atoms with Gasteiger partial charge in [-0.3, -0.25) is 14.5 Å². The minimum atomic E-state index is -0.315. The molecule has 150 valence electrons. The fourth-order valence-corrected chi connectivity index (χ4v) is 4.74. The topological polar surface area (TPSA) is 56.4 Å². The molecule has 0 radical (unpaired) electrons. The van der Waals surface area contributed by atoms with E-state index in [-0.39, 0.29) is 17.0 Å². The van der Waals surface area contributed by atoms with Crippen LogP contribution in [0, 0.1) is 6.92 Å². The minimum Gasteiger partial charge on any atom is -0.336 e. The first-order valence-corrected chi connectivity index (χ1v) is 10.8. The lowest BCUT2D eigenvalue weighted by Crippen LogP contribution is -2.49. The van der Waals surface area contributed by atoms with Crippen LogP contribution in [0.25, 0.3) is 10.4 Å². The van der Waals surface area contributed by atoms with Crippen molar-refractivity contribution in [2.24, 2.45) is 0 Å². The van der Waals surface area contributed by atoms with E-state index in [1.165, 1.54) is 9.75 Å². The number of thiophene rings is 1. The molecule has 3 heterocycles. The van der Waals surface area contributed by atoms with E-state index in [9.17, 15) is 9.59 Å². The second kappa shape index (κ2) is 8.53. The van der Waals surface area contributed by atoms with Crippen LogP contribution in [-0.4, -0.2) is 46.9 Å². The summed E-state index contributed by atoms with van der Waals surface area (Å²) in [6, 6.07) is 15.6. The van der Waals surface area contributed by atoms with E-state index >= 15 is 0 Å². The maximum absolute atomic E-state index is 12.7. The highest BCUT2D eigenvalue weighted by atomic mass is 35.5. The monoisotopic (exact) mass is 427 g/mol. The van der Waals surface area contributed by atoms with Crippen molar-refractivity contribution in [2.45, 2.75) is 13.5 Å². The third-order valence-corrected chi connectivity index (χ3v) is 6.45. The van der Waals surface area contributed by atoms with Gasteiger partial charge in [0, 0.05) is 53.2 Å². The molecule has 1 aromatic carbocycles. The number of carbonyl (C=O) groups is 1. The van der Waals surface area contributed by atoms with Crippen molar-refractivity contribution in [3.8, 4) is 10.4 Å². The van der Waals surface area contributed by atoms with Crippen LogP contribution in [0.1, 0.15) is 20.9 Å². The van der Waals surface area contributed by atoms with E-state index in [0.29, 0.717) is 13.1 Å². The van der Waals surface area contributed by atoms with Crippen LogP contribution in [0.3, 0.4) is 0 Å². The summed E-state index contributed by atoms with van der Waals surface area (Å²) >= 11 is 7.87. The molecule has 1 aliphatic heterocycles. The van der Waals surface area contributed by atoms with E-state index in [1.807, 2.05) is 18.2 Å². The molecule has 0 spiro atoms. The number of nitrogens with zero attached hydrogens (tertiary/aromatic N) is 2. The Morgan fingerprint density at radius 3 is 2.62 bits per heavy atom. The number of benzene rings is 1. The zero-order chi connectivity index (χ0) is 20.4. The van der Waals surface area contributed by atoms with Gasteiger partial charge in [-0.15, -0.1) is 11.3 Å². The lowest BCUT2D eigenvalue weighted by molar-refractivity contribution is 0.0628. The molecule has 2 aromatic heterocycles. The predicted molar refractivity (Wildman–Crippen MR) is 118 cm³/mol. The van der Waals surface area contributed by atoms with Gasteiger partial charge in [0.25, 0.3) is 11.5 Å². The number of aromatic nitrogens is 1. The minimum absolute atomic E-state index is 0.190. The van der Waals surface area contributed by atoms with Gasteiger partial charge in [0.2, 0.25) is 0 Å². The zero-order valence-electron chi connectivity index (χ0n) is 16.2. The van der Waals surface area contributed by atoms with Gasteiger partial charge in [-0.2, -0.15) is 0 Å². The Morgan fingerprint density at radius 1 is 1.10 bits per heavy atom. The van der Waals surface area contributed by atoms with Gasteiger partial charge in [-0.1, -0.05) is 23.7 Å². The van der Waals surface area contributed by atoms with E-state index in [1.54, 1.807) is 35.3 Å². The molecule has 0 unspecified atom stereocenters. The highest BCUT2D eigenvalue weighted by Crippen LogP contribution is 2.30. The van der Waals surface area contributed by atoms with E-state index in [0.717, 1.165) is 35.9 Å². The number of piperazine rings is 1. The molecule has 0 atom stereocenters. The molecular formula is C22H22ClN3O2S. The van der Waals surface area contributed by atoms with Crippen LogP contribution < -0.4 is 5.56 Å². The fourth-order valence-electron chi connectivity index (χ4n) is 3.50. The maximum atomic E-state index is 12.7. The first-order chi connectivity index (χ1) is 14.0. The molecule has 1 aliphatic rings. The van der Waals surface area contributed by atoms with Crippen LogP contribution in [0.2, 0.25) is 5.02 Å². The highest BCUT2D eigenvalue weighted by molar-refractivity contribution is 7.15. The van der Waals surface area contributed by atoms with E-state index in [2.05, 4.69) is 28.1 Å². The van der Waals surface area contributed by atoms with Gasteiger partial charge < -0.3 is 9.88 Å². The lowest BCUT2D eigenvalue weighted by Gasteiger charge is -2.34. The number of carbonyl (C=O) groups excluding carboxylic acids is 1. The van der Waals surface area contributed by atoms with Crippen molar-refractivity contribution in [1.82, 2.24) is 14.8 Å². The smallest absolute Gasteiger partial charge is 0.260 e. The molecule has 0 bridgehead atoms. The molecule has 1 amide bonds. The van der Waals surface area contributed by atoms with Crippen LogP contribution in [0.15, 0.2) is 53.3 Å². The molecule has 29 heavy (non-hydrogen) atoms. The third-order valence-electron chi connectivity index (χ3n) is 5.10. The summed E-state index contributed by atoms with van der Waals surface area (Å²) in [6.45, 7) is 5.49. The second-order valence-corrected chi connectivity index (χ2v) is 8.83. The summed E-state index contributed by atoms with van der Waals surface area (Å²) in [5.74, 6) is -0.190. The molecule has 0 aliphatic carbocycles. The number of aromatic amines is 1. The van der Waals surface area contributed by atoms with Crippen LogP contribution in [0.4, 0.5) is 0 Å². The molecule has 1 fully saturated rings. The van der Waals surface area contributed by atoms with E-state index in [4.69, 9.17) is 11.6 Å². The van der Waals surface area contributed by atoms with Crippen LogP contribution in [-0.2, 0) is 6.54 Å². The first kappa shape index (κ1) is 19.9. The van der Waals surface area contributed by atoms with Gasteiger partial charge in [-0.25, -0.2) is 0 Å². The SMILES string of the molecule is Cc1ccc(C(=O)N2CCN(Cc3ccc(-c4cccc(Cl)c4)s3)CC2)c(=O)[nH]1. The number of halogens is 1. The number of H-pyrrole nitrogens is 1. The molecule has 5 nitrogen and oxygen atoms in total. The Labute approximate surface area is 178 Å². The molecule has 1 N–H and O–H groups in total. The zero-order valence-corrected chi connectivity index (χ0v) is 17.7. The molecule has 7 heteroatoms. The normalized spacial score (nSPS) is 14.9. The summed E-state index contributed by atoms with van der Waals surface area (Å²) in [6.07, 6.45) is 0. The summed E-state index contributed by atoms with van der Waals surface area (Å²) in [5, 5.41) is 0.741. The van der Waals surface area contributed by atoms with Crippen LogP contribution in [0.5, 0.6) is 0 Å². The second-order valence-electron chi connectivity index (χ2n) is 7.23. The number of pyridine rings is 1. The molecule has 3 aromatic rings. The standard InChI is InChI=1S/C22H22ClN3O2S/c1-15-5-7-19(21(27)24-15)22(28)26-11-9-25(10-12-26)14-18-6-8-20(29-18)16-3-2-4-17(23)13-16/h2-8,13H,9-12,14H2,1H3,(H,24,27). The number of aryl methyl sites for hydroxylation is 1. The summed E-state index contributed by atoms with van der Waals surface area (Å²) in [5.41, 5.74) is 1.79. The van der Waals surface area contributed by atoms with Gasteiger partial charge in [0.05, 0.1) is 0 Å². The molecule has 0 saturated carbocycles. The lowest BCUT2D eigenvalue weighted by atomic mass is 10.2.